The van der Waals surface area contributed by atoms with E-state index in [0.29, 0.717) is 39.9 Å². The summed E-state index contributed by atoms with van der Waals surface area (Å²) in [5, 5.41) is 14.6. The molecular weight excluding hydrogens is 450 g/mol. The minimum Gasteiger partial charge on any atom is -0.373 e. The second-order valence-electron chi connectivity index (χ2n) is 8.86. The molecule has 0 amide bonds. The average molecular weight is 474 g/mol. The standard InChI is InChI=1S/C21H24ClN7O2S/c22-14-5-23-21(24-6-14)29-9-12-7-28(8-13(12)10-29)17-2-1-15(17)20(30)27-19-18-16(25-11-26-19)3-4-32(18)31/h5-6,11,15,17,20,30H,1-4,7-10H2,(H,25,26,27)/t15?,17?,20-,32?/m1/s1. The first kappa shape index (κ1) is 20.5. The maximum Gasteiger partial charge on any atom is 0.225 e. The van der Waals surface area contributed by atoms with Gasteiger partial charge in [-0.25, -0.2) is 19.9 Å². The zero-order valence-electron chi connectivity index (χ0n) is 17.4. The highest BCUT2D eigenvalue weighted by molar-refractivity contribution is 7.85. The molecule has 2 aromatic rings. The van der Waals surface area contributed by atoms with Crippen LogP contribution in [0.3, 0.4) is 0 Å². The molecule has 0 saturated heterocycles. The van der Waals surface area contributed by atoms with Gasteiger partial charge in [0, 0.05) is 50.3 Å². The summed E-state index contributed by atoms with van der Waals surface area (Å²) in [6.07, 6.45) is 6.76. The number of aliphatic hydroxyl groups excluding tert-OH is 1. The number of aliphatic hydroxyl groups is 1. The van der Waals surface area contributed by atoms with Crippen LogP contribution in [0, 0.1) is 5.92 Å². The van der Waals surface area contributed by atoms with E-state index >= 15 is 0 Å². The number of nitrogens with one attached hydrogen (secondary N) is 1. The van der Waals surface area contributed by atoms with Crippen LogP contribution in [0.5, 0.6) is 0 Å². The lowest BCUT2D eigenvalue weighted by molar-refractivity contribution is -0.000940. The van der Waals surface area contributed by atoms with Gasteiger partial charge in [0.25, 0.3) is 0 Å². The molecule has 11 heteroatoms. The number of hydrogen-bond acceptors (Lipinski definition) is 9. The number of fused-ring (bicyclic) bond motifs is 1. The van der Waals surface area contributed by atoms with Crippen molar-refractivity contribution in [2.75, 3.05) is 42.1 Å². The topological polar surface area (TPSA) is 107 Å². The second kappa shape index (κ2) is 8.02. The highest BCUT2D eigenvalue weighted by Gasteiger charge is 2.44. The molecule has 0 aromatic carbocycles. The van der Waals surface area contributed by atoms with E-state index in [1.807, 2.05) is 0 Å². The van der Waals surface area contributed by atoms with E-state index in [2.05, 4.69) is 35.1 Å². The molecule has 5 heterocycles. The van der Waals surface area contributed by atoms with Crippen molar-refractivity contribution >= 4 is 34.2 Å². The fourth-order valence-corrected chi connectivity index (χ4v) is 6.68. The van der Waals surface area contributed by atoms with Crippen LogP contribution in [0.25, 0.3) is 0 Å². The summed E-state index contributed by atoms with van der Waals surface area (Å²) in [4.78, 5) is 22.5. The third-order valence-electron chi connectivity index (χ3n) is 7.02. The van der Waals surface area contributed by atoms with Crippen molar-refractivity contribution in [1.82, 2.24) is 24.8 Å². The van der Waals surface area contributed by atoms with Crippen molar-refractivity contribution in [2.24, 2.45) is 5.92 Å². The van der Waals surface area contributed by atoms with Crippen molar-refractivity contribution < 1.29 is 9.32 Å². The molecule has 9 nitrogen and oxygen atoms in total. The summed E-state index contributed by atoms with van der Waals surface area (Å²) in [6, 6.07) is 0.323. The Morgan fingerprint density at radius 1 is 1.09 bits per heavy atom. The molecule has 1 saturated carbocycles. The van der Waals surface area contributed by atoms with Gasteiger partial charge in [0.1, 0.15) is 23.3 Å². The molecule has 2 aromatic heterocycles. The van der Waals surface area contributed by atoms with E-state index < -0.39 is 17.0 Å². The normalized spacial score (nSPS) is 27.9. The highest BCUT2D eigenvalue weighted by atomic mass is 35.5. The van der Waals surface area contributed by atoms with Crippen molar-refractivity contribution in [3.8, 4) is 0 Å². The summed E-state index contributed by atoms with van der Waals surface area (Å²) in [6.45, 7) is 3.51. The first-order valence-electron chi connectivity index (χ1n) is 10.9. The van der Waals surface area contributed by atoms with Crippen LogP contribution in [0.4, 0.5) is 11.8 Å². The van der Waals surface area contributed by atoms with Crippen LogP contribution in [0.1, 0.15) is 18.5 Å². The van der Waals surface area contributed by atoms with Crippen LogP contribution in [-0.4, -0.2) is 78.4 Å². The Balaban J connectivity index is 1.08. The minimum absolute atomic E-state index is 0.117. The van der Waals surface area contributed by atoms with E-state index in [0.717, 1.165) is 44.7 Å². The Morgan fingerprint density at radius 3 is 2.53 bits per heavy atom. The summed E-state index contributed by atoms with van der Waals surface area (Å²) < 4.78 is 12.3. The molecule has 4 aliphatic rings. The minimum atomic E-state index is -1.10. The van der Waals surface area contributed by atoms with Gasteiger partial charge in [-0.1, -0.05) is 11.6 Å². The molecular formula is C21H24ClN7O2S. The van der Waals surface area contributed by atoms with Crippen molar-refractivity contribution in [1.29, 1.82) is 0 Å². The fraction of sp³-hybridized carbons (Fsp3) is 0.524. The van der Waals surface area contributed by atoms with E-state index in [-0.39, 0.29) is 5.92 Å². The van der Waals surface area contributed by atoms with Gasteiger partial charge in [-0.3, -0.25) is 9.11 Å². The third kappa shape index (κ3) is 3.49. The summed E-state index contributed by atoms with van der Waals surface area (Å²) in [5.41, 5.74) is 3.69. The Kier molecular flexibility index (Phi) is 5.13. The van der Waals surface area contributed by atoms with Crippen LogP contribution in [0.2, 0.25) is 5.02 Å². The number of rotatable bonds is 5. The van der Waals surface area contributed by atoms with Crippen LogP contribution in [0.15, 0.2) is 34.8 Å². The quantitative estimate of drug-likeness (QED) is 0.489. The lowest BCUT2D eigenvalue weighted by atomic mass is 9.77. The molecule has 168 valence electrons. The fourth-order valence-electron chi connectivity index (χ4n) is 5.25. The molecule has 0 bridgehead atoms. The maximum atomic E-state index is 12.3. The van der Waals surface area contributed by atoms with Gasteiger partial charge < -0.3 is 15.3 Å². The summed E-state index contributed by atoms with van der Waals surface area (Å²) in [5.74, 6) is 1.93. The zero-order chi connectivity index (χ0) is 21.8. The van der Waals surface area contributed by atoms with Crippen LogP contribution >= 0.6 is 11.6 Å². The summed E-state index contributed by atoms with van der Waals surface area (Å²) in [7, 11) is -1.10. The second-order valence-corrected chi connectivity index (χ2v) is 10.8. The molecule has 6 rings (SSSR count). The maximum absolute atomic E-state index is 12.3. The predicted molar refractivity (Wildman–Crippen MR) is 121 cm³/mol. The average Bonchev–Trinajstić information content (AvgIpc) is 3.42. The Labute approximate surface area is 193 Å². The Morgan fingerprint density at radius 2 is 1.84 bits per heavy atom. The van der Waals surface area contributed by atoms with Gasteiger partial charge in [-0.05, 0) is 24.0 Å². The Hall–Kier alpha value is -2.14. The van der Waals surface area contributed by atoms with Gasteiger partial charge in [-0.15, -0.1) is 0 Å². The highest BCUT2D eigenvalue weighted by Crippen LogP contribution is 2.40. The largest absolute Gasteiger partial charge is 0.373 e. The van der Waals surface area contributed by atoms with E-state index in [9.17, 15) is 9.32 Å². The van der Waals surface area contributed by atoms with Gasteiger partial charge >= 0.3 is 0 Å². The van der Waals surface area contributed by atoms with E-state index in [4.69, 9.17) is 11.6 Å². The van der Waals surface area contributed by atoms with Gasteiger partial charge in [0.15, 0.2) is 0 Å². The van der Waals surface area contributed by atoms with Crippen molar-refractivity contribution in [3.63, 3.8) is 0 Å². The van der Waals surface area contributed by atoms with Gasteiger partial charge in [-0.2, -0.15) is 0 Å². The molecule has 0 radical (unpaired) electrons. The molecule has 3 aliphatic heterocycles. The Bertz CT molecular complexity index is 1090. The number of aryl methyl sites for hydroxylation is 1. The van der Waals surface area contributed by atoms with Crippen LogP contribution < -0.4 is 10.2 Å². The SMILES string of the molecule is O=S1CCc2ncnc(N[C@H](O)C3CCC3N3CC4=C(CN(c5ncc(Cl)cn5)C4)C3)c21. The number of nitrogens with zero attached hydrogens (tertiary/aromatic N) is 6. The number of aromatic nitrogens is 4. The molecule has 32 heavy (non-hydrogen) atoms. The lowest BCUT2D eigenvalue weighted by Gasteiger charge is -2.45. The molecule has 3 unspecified atom stereocenters. The summed E-state index contributed by atoms with van der Waals surface area (Å²) >= 11 is 5.91. The van der Waals surface area contributed by atoms with E-state index in [1.54, 1.807) is 12.4 Å². The molecule has 2 N–H and O–H groups in total. The van der Waals surface area contributed by atoms with Crippen LogP contribution in [-0.2, 0) is 17.2 Å². The number of halogens is 1. The third-order valence-corrected chi connectivity index (χ3v) is 8.67. The van der Waals surface area contributed by atoms with Gasteiger partial charge in [0.05, 0.1) is 33.9 Å². The van der Waals surface area contributed by atoms with Crippen molar-refractivity contribution in [3.05, 3.63) is 40.6 Å². The zero-order valence-corrected chi connectivity index (χ0v) is 19.0. The monoisotopic (exact) mass is 473 g/mol. The first-order chi connectivity index (χ1) is 15.6. The predicted octanol–water partition coefficient (Wildman–Crippen LogP) is 1.22. The molecule has 1 aliphatic carbocycles. The van der Waals surface area contributed by atoms with Gasteiger partial charge in [0.2, 0.25) is 5.95 Å². The molecule has 1 fully saturated rings. The lowest BCUT2D eigenvalue weighted by Crippen LogP contribution is -2.53. The molecule has 0 spiro atoms. The first-order valence-corrected chi connectivity index (χ1v) is 12.6. The number of hydrogen-bond donors (Lipinski definition) is 2. The van der Waals surface area contributed by atoms with Crippen molar-refractivity contribution in [2.45, 2.75) is 36.4 Å². The van der Waals surface area contributed by atoms with E-state index in [1.165, 1.54) is 17.5 Å². The smallest absolute Gasteiger partial charge is 0.225 e. The molecule has 4 atom stereocenters. The number of anilines is 2.